The minimum absolute atomic E-state index is 0.548. The first-order valence-electron chi connectivity index (χ1n) is 12.1. The lowest BCUT2D eigenvalue weighted by Crippen LogP contribution is -2.48. The van der Waals surface area contributed by atoms with Crippen molar-refractivity contribution in [2.45, 2.75) is 58.6 Å². The van der Waals surface area contributed by atoms with E-state index in [2.05, 4.69) is 72.2 Å². The average molecular weight is 412 g/mol. The van der Waals surface area contributed by atoms with E-state index in [1.54, 1.807) is 0 Å². The highest BCUT2D eigenvalue weighted by Crippen LogP contribution is 2.60. The summed E-state index contributed by atoms with van der Waals surface area (Å²) >= 11 is 0. The monoisotopic (exact) mass is 411 g/mol. The Labute approximate surface area is 186 Å². The molecule has 0 aliphatic heterocycles. The number of hydrogen-bond acceptors (Lipinski definition) is 1. The van der Waals surface area contributed by atoms with Crippen molar-refractivity contribution in [2.24, 2.45) is 23.2 Å². The third kappa shape index (κ3) is 3.71. The van der Waals surface area contributed by atoms with Crippen molar-refractivity contribution in [1.29, 1.82) is 0 Å². The molecule has 0 N–H and O–H groups in total. The van der Waals surface area contributed by atoms with Crippen LogP contribution in [0.2, 0.25) is 0 Å². The molecular formula is C29H33NO. The van der Waals surface area contributed by atoms with Crippen LogP contribution >= 0.6 is 0 Å². The van der Waals surface area contributed by atoms with Gasteiger partial charge in [-0.3, -0.25) is 0 Å². The molecular weight excluding hydrogens is 378 g/mol. The predicted octanol–water partition coefficient (Wildman–Crippen LogP) is 7.26. The van der Waals surface area contributed by atoms with E-state index in [-0.39, 0.29) is 0 Å². The lowest BCUT2D eigenvalue weighted by atomic mass is 9.49. The Hall–Kier alpha value is -2.48. The summed E-state index contributed by atoms with van der Waals surface area (Å²) in [5.41, 5.74) is 5.81. The molecule has 31 heavy (non-hydrogen) atoms. The minimum atomic E-state index is 0.548. The standard InChI is InChI=1S/C29H33NO/c1-21-7-12-28(26-8-10-27(11-9-26)31-19-22-5-3-2-4-6-22)30(21)20-29-16-23-13-24(17-29)15-25(14-23)18-29/h2-12,23-25H,13-20H2,1H3. The summed E-state index contributed by atoms with van der Waals surface area (Å²) in [4.78, 5) is 0. The van der Waals surface area contributed by atoms with E-state index < -0.39 is 0 Å². The number of nitrogens with zero attached hydrogens (tertiary/aromatic N) is 1. The number of hydrogen-bond donors (Lipinski definition) is 0. The highest BCUT2D eigenvalue weighted by atomic mass is 16.5. The third-order valence-corrected chi connectivity index (χ3v) is 8.26. The molecule has 4 saturated carbocycles. The Morgan fingerprint density at radius 1 is 0.806 bits per heavy atom. The first-order chi connectivity index (χ1) is 15.2. The summed E-state index contributed by atoms with van der Waals surface area (Å²) in [5, 5.41) is 0. The normalized spacial score (nSPS) is 28.7. The number of aromatic nitrogens is 1. The van der Waals surface area contributed by atoms with E-state index in [0.717, 1.165) is 23.5 Å². The molecule has 4 bridgehead atoms. The van der Waals surface area contributed by atoms with E-state index in [1.807, 2.05) is 6.07 Å². The van der Waals surface area contributed by atoms with Crippen LogP contribution in [-0.2, 0) is 13.2 Å². The van der Waals surface area contributed by atoms with Gasteiger partial charge < -0.3 is 9.30 Å². The molecule has 0 amide bonds. The van der Waals surface area contributed by atoms with Gasteiger partial charge >= 0.3 is 0 Å². The average Bonchev–Trinajstić information content (AvgIpc) is 3.12. The molecule has 7 rings (SSSR count). The maximum Gasteiger partial charge on any atom is 0.119 e. The first kappa shape index (κ1) is 19.2. The van der Waals surface area contributed by atoms with Crippen molar-refractivity contribution in [2.75, 3.05) is 0 Å². The molecule has 2 aromatic carbocycles. The molecule has 1 heterocycles. The number of ether oxygens (including phenoxy) is 1. The molecule has 0 spiro atoms. The van der Waals surface area contributed by atoms with Gasteiger partial charge in [0.2, 0.25) is 0 Å². The summed E-state index contributed by atoms with van der Waals surface area (Å²) in [6, 6.07) is 23.7. The lowest BCUT2D eigenvalue weighted by Gasteiger charge is -2.57. The van der Waals surface area contributed by atoms with E-state index in [1.165, 1.54) is 67.6 Å². The van der Waals surface area contributed by atoms with Crippen LogP contribution in [0.15, 0.2) is 66.7 Å². The summed E-state index contributed by atoms with van der Waals surface area (Å²) in [7, 11) is 0. The van der Waals surface area contributed by atoms with Gasteiger partial charge in [-0.25, -0.2) is 0 Å². The van der Waals surface area contributed by atoms with Crippen molar-refractivity contribution >= 4 is 0 Å². The van der Waals surface area contributed by atoms with E-state index in [9.17, 15) is 0 Å². The fourth-order valence-corrected chi connectivity index (χ4v) is 7.31. The Morgan fingerprint density at radius 3 is 2.10 bits per heavy atom. The van der Waals surface area contributed by atoms with Gasteiger partial charge in [0.25, 0.3) is 0 Å². The zero-order valence-corrected chi connectivity index (χ0v) is 18.6. The molecule has 0 radical (unpaired) electrons. The van der Waals surface area contributed by atoms with Crippen LogP contribution in [0.5, 0.6) is 5.75 Å². The van der Waals surface area contributed by atoms with Crippen LogP contribution in [0.1, 0.15) is 49.8 Å². The van der Waals surface area contributed by atoms with Gasteiger partial charge in [-0.15, -0.1) is 0 Å². The van der Waals surface area contributed by atoms with E-state index in [4.69, 9.17) is 4.74 Å². The topological polar surface area (TPSA) is 14.2 Å². The van der Waals surface area contributed by atoms with Crippen LogP contribution < -0.4 is 4.74 Å². The summed E-state index contributed by atoms with van der Waals surface area (Å²) in [6.07, 6.45) is 8.93. The van der Waals surface area contributed by atoms with E-state index >= 15 is 0 Å². The first-order valence-corrected chi connectivity index (χ1v) is 12.1. The molecule has 4 fully saturated rings. The lowest BCUT2D eigenvalue weighted by molar-refractivity contribution is -0.0618. The zero-order chi connectivity index (χ0) is 20.8. The Bertz CT molecular complexity index is 1010. The van der Waals surface area contributed by atoms with Crippen molar-refractivity contribution < 1.29 is 4.74 Å². The van der Waals surface area contributed by atoms with Gasteiger partial charge in [-0.1, -0.05) is 30.3 Å². The van der Waals surface area contributed by atoms with Gasteiger partial charge in [0.05, 0.1) is 0 Å². The fraction of sp³-hybridized carbons (Fsp3) is 0.448. The number of benzene rings is 2. The second-order valence-electron chi connectivity index (χ2n) is 10.7. The van der Waals surface area contributed by atoms with Gasteiger partial charge in [0.15, 0.2) is 0 Å². The quantitative estimate of drug-likeness (QED) is 0.416. The largest absolute Gasteiger partial charge is 0.489 e. The minimum Gasteiger partial charge on any atom is -0.489 e. The maximum absolute atomic E-state index is 6.00. The second-order valence-corrected chi connectivity index (χ2v) is 10.7. The highest BCUT2D eigenvalue weighted by Gasteiger charge is 2.51. The molecule has 0 saturated heterocycles. The van der Waals surface area contributed by atoms with Crippen LogP contribution in [0.25, 0.3) is 11.3 Å². The van der Waals surface area contributed by atoms with Crippen LogP contribution in [0.3, 0.4) is 0 Å². The second kappa shape index (κ2) is 7.58. The van der Waals surface area contributed by atoms with E-state index in [0.29, 0.717) is 12.0 Å². The van der Waals surface area contributed by atoms with Gasteiger partial charge in [-0.2, -0.15) is 0 Å². The van der Waals surface area contributed by atoms with Crippen LogP contribution in [-0.4, -0.2) is 4.57 Å². The van der Waals surface area contributed by atoms with Crippen molar-refractivity contribution in [3.8, 4) is 17.0 Å². The molecule has 4 aliphatic rings. The third-order valence-electron chi connectivity index (χ3n) is 8.26. The summed E-state index contributed by atoms with van der Waals surface area (Å²) in [5.74, 6) is 3.95. The van der Waals surface area contributed by atoms with Crippen LogP contribution in [0.4, 0.5) is 0 Å². The summed E-state index contributed by atoms with van der Waals surface area (Å²) in [6.45, 7) is 4.10. The molecule has 160 valence electrons. The fourth-order valence-electron chi connectivity index (χ4n) is 7.31. The molecule has 0 atom stereocenters. The van der Waals surface area contributed by atoms with Gasteiger partial charge in [-0.05, 0) is 116 Å². The molecule has 2 nitrogen and oxygen atoms in total. The number of aryl methyl sites for hydroxylation is 1. The molecule has 3 aromatic rings. The number of rotatable bonds is 6. The van der Waals surface area contributed by atoms with Crippen molar-refractivity contribution in [1.82, 2.24) is 4.57 Å². The zero-order valence-electron chi connectivity index (χ0n) is 18.6. The van der Waals surface area contributed by atoms with Gasteiger partial charge in [0, 0.05) is 17.9 Å². The van der Waals surface area contributed by atoms with Crippen molar-refractivity contribution in [3.05, 3.63) is 78.0 Å². The molecule has 4 aliphatic carbocycles. The van der Waals surface area contributed by atoms with Crippen LogP contribution in [0, 0.1) is 30.1 Å². The molecule has 1 aromatic heterocycles. The highest BCUT2D eigenvalue weighted by molar-refractivity contribution is 5.62. The van der Waals surface area contributed by atoms with Crippen molar-refractivity contribution in [3.63, 3.8) is 0 Å². The Kier molecular flexibility index (Phi) is 4.70. The molecule has 2 heteroatoms. The SMILES string of the molecule is Cc1ccc(-c2ccc(OCc3ccccc3)cc2)n1CC12CC3CC(CC(C3)C1)C2. The molecule has 0 unspecified atom stereocenters. The summed E-state index contributed by atoms with van der Waals surface area (Å²) < 4.78 is 8.62. The van der Waals surface area contributed by atoms with Gasteiger partial charge in [0.1, 0.15) is 12.4 Å². The Morgan fingerprint density at radius 2 is 1.45 bits per heavy atom. The smallest absolute Gasteiger partial charge is 0.119 e. The predicted molar refractivity (Wildman–Crippen MR) is 126 cm³/mol. The Balaban J connectivity index is 1.21. The maximum atomic E-state index is 6.00.